The second-order valence-electron chi connectivity index (χ2n) is 4.78. The largest absolute Gasteiger partial charge is 0.308 e. The quantitative estimate of drug-likeness (QED) is 0.853. The van der Waals surface area contributed by atoms with E-state index in [0.29, 0.717) is 6.54 Å². The van der Waals surface area contributed by atoms with Gasteiger partial charge in [-0.25, -0.2) is 8.42 Å². The third-order valence-corrected chi connectivity index (χ3v) is 5.24. The van der Waals surface area contributed by atoms with Crippen LogP contribution in [0, 0.1) is 0 Å². The van der Waals surface area contributed by atoms with Crippen LogP contribution in [0.3, 0.4) is 0 Å². The van der Waals surface area contributed by atoms with Crippen LogP contribution in [-0.4, -0.2) is 35.7 Å². The Bertz CT molecular complexity index is 477. The Morgan fingerprint density at radius 1 is 1.53 bits per heavy atom. The van der Waals surface area contributed by atoms with Crippen LogP contribution in [-0.2, 0) is 16.9 Å². The zero-order chi connectivity index (χ0) is 13.3. The lowest BCUT2D eigenvalue weighted by atomic mass is 10.00. The first kappa shape index (κ1) is 14.2. The molecule has 17 heavy (non-hydrogen) atoms. The molecule has 0 aromatic carbocycles. The molecule has 0 amide bonds. The Labute approximate surface area is 103 Å². The summed E-state index contributed by atoms with van der Waals surface area (Å²) in [7, 11) is -1.36. The van der Waals surface area contributed by atoms with Crippen molar-refractivity contribution in [1.82, 2.24) is 15.1 Å². The first-order valence-corrected chi connectivity index (χ1v) is 7.51. The molecule has 0 fully saturated rings. The molecule has 1 rings (SSSR count). The van der Waals surface area contributed by atoms with Crippen molar-refractivity contribution in [3.63, 3.8) is 0 Å². The summed E-state index contributed by atoms with van der Waals surface area (Å²) in [5.74, 6) is 0. The van der Waals surface area contributed by atoms with Gasteiger partial charge in [-0.1, -0.05) is 6.92 Å². The van der Waals surface area contributed by atoms with Crippen molar-refractivity contribution in [2.24, 2.45) is 7.05 Å². The average Bonchev–Trinajstić information content (AvgIpc) is 2.58. The van der Waals surface area contributed by atoms with Crippen LogP contribution in [0.25, 0.3) is 0 Å². The molecule has 0 spiro atoms. The number of rotatable bonds is 5. The van der Waals surface area contributed by atoms with E-state index in [0.717, 1.165) is 5.69 Å². The Morgan fingerprint density at radius 3 is 2.47 bits per heavy atom. The minimum absolute atomic E-state index is 0.302. The number of aryl methyl sites for hydroxylation is 1. The van der Waals surface area contributed by atoms with Crippen LogP contribution in [0.4, 0.5) is 0 Å². The van der Waals surface area contributed by atoms with Crippen molar-refractivity contribution < 1.29 is 8.42 Å². The maximum absolute atomic E-state index is 11.9. The minimum atomic E-state index is -3.17. The normalized spacial score (nSPS) is 14.9. The van der Waals surface area contributed by atoms with Crippen LogP contribution in [0.5, 0.6) is 0 Å². The maximum atomic E-state index is 11.9. The van der Waals surface area contributed by atoms with Gasteiger partial charge in [0.05, 0.1) is 16.5 Å². The van der Waals surface area contributed by atoms with E-state index in [9.17, 15) is 8.42 Å². The van der Waals surface area contributed by atoms with E-state index < -0.39 is 14.6 Å². The molecule has 1 unspecified atom stereocenters. The number of hydrogen-bond acceptors (Lipinski definition) is 4. The van der Waals surface area contributed by atoms with Gasteiger partial charge in [0.1, 0.15) is 0 Å². The lowest BCUT2D eigenvalue weighted by Crippen LogP contribution is -2.45. The van der Waals surface area contributed by atoms with E-state index in [4.69, 9.17) is 0 Å². The lowest BCUT2D eigenvalue weighted by Gasteiger charge is -2.32. The number of nitrogens with one attached hydrogen (secondary N) is 1. The summed E-state index contributed by atoms with van der Waals surface area (Å²) < 4.78 is 24.5. The van der Waals surface area contributed by atoms with Crippen LogP contribution in [0.1, 0.15) is 32.5 Å². The van der Waals surface area contributed by atoms with E-state index in [1.54, 1.807) is 18.5 Å². The minimum Gasteiger partial charge on any atom is -0.308 e. The van der Waals surface area contributed by atoms with Gasteiger partial charge in [0.15, 0.2) is 9.84 Å². The Balaban J connectivity index is 3.18. The third-order valence-electron chi connectivity index (χ3n) is 3.09. The van der Waals surface area contributed by atoms with Crippen molar-refractivity contribution in [3.8, 4) is 0 Å². The number of sulfone groups is 1. The summed E-state index contributed by atoms with van der Waals surface area (Å²) in [4.78, 5) is 0. The molecule has 0 aliphatic carbocycles. The summed E-state index contributed by atoms with van der Waals surface area (Å²) in [6.45, 7) is 6.10. The smallest absolute Gasteiger partial charge is 0.154 e. The SMILES string of the molecule is CCNC(c1ccn(C)n1)C(C)(C)S(C)(=O)=O. The van der Waals surface area contributed by atoms with Gasteiger partial charge >= 0.3 is 0 Å². The van der Waals surface area contributed by atoms with Crippen LogP contribution in [0.2, 0.25) is 0 Å². The summed E-state index contributed by atoms with van der Waals surface area (Å²) in [5.41, 5.74) is 0.754. The fraction of sp³-hybridized carbons (Fsp3) is 0.727. The van der Waals surface area contributed by atoms with Crippen LogP contribution in [0.15, 0.2) is 12.3 Å². The number of hydrogen-bond donors (Lipinski definition) is 1. The molecule has 0 saturated carbocycles. The van der Waals surface area contributed by atoms with Crippen molar-refractivity contribution in [1.29, 1.82) is 0 Å². The Hall–Kier alpha value is -0.880. The molecule has 0 aliphatic heterocycles. The summed E-state index contributed by atoms with van der Waals surface area (Å²) >= 11 is 0. The van der Waals surface area contributed by atoms with E-state index >= 15 is 0 Å². The first-order chi connectivity index (χ1) is 7.70. The van der Waals surface area contributed by atoms with E-state index in [-0.39, 0.29) is 6.04 Å². The average molecular weight is 259 g/mol. The highest BCUT2D eigenvalue weighted by atomic mass is 32.2. The molecule has 98 valence electrons. The van der Waals surface area contributed by atoms with Crippen molar-refractivity contribution in [3.05, 3.63) is 18.0 Å². The fourth-order valence-electron chi connectivity index (χ4n) is 1.71. The molecule has 5 nitrogen and oxygen atoms in total. The van der Waals surface area contributed by atoms with Crippen LogP contribution < -0.4 is 5.32 Å². The molecule has 1 heterocycles. The monoisotopic (exact) mass is 259 g/mol. The zero-order valence-corrected chi connectivity index (χ0v) is 11.9. The second-order valence-corrected chi connectivity index (χ2v) is 7.38. The van der Waals surface area contributed by atoms with Gasteiger partial charge in [0.25, 0.3) is 0 Å². The van der Waals surface area contributed by atoms with Gasteiger partial charge in [-0.3, -0.25) is 4.68 Å². The molecule has 1 aromatic rings. The van der Waals surface area contributed by atoms with Crippen molar-refractivity contribution in [2.45, 2.75) is 31.6 Å². The van der Waals surface area contributed by atoms with Gasteiger partial charge in [-0.15, -0.1) is 0 Å². The van der Waals surface area contributed by atoms with E-state index in [1.807, 2.05) is 26.2 Å². The van der Waals surface area contributed by atoms with Gasteiger partial charge < -0.3 is 5.32 Å². The van der Waals surface area contributed by atoms with Gasteiger partial charge in [0.2, 0.25) is 0 Å². The predicted molar refractivity (Wildman–Crippen MR) is 68.5 cm³/mol. The van der Waals surface area contributed by atoms with E-state index in [1.165, 1.54) is 6.26 Å². The highest BCUT2D eigenvalue weighted by molar-refractivity contribution is 7.92. The highest BCUT2D eigenvalue weighted by Crippen LogP contribution is 2.31. The molecule has 6 heteroatoms. The van der Waals surface area contributed by atoms with Gasteiger partial charge in [-0.05, 0) is 26.5 Å². The number of aromatic nitrogens is 2. The fourth-order valence-corrected chi connectivity index (χ4v) is 2.34. The third kappa shape index (κ3) is 2.87. The van der Waals surface area contributed by atoms with Gasteiger partial charge in [-0.2, -0.15) is 5.10 Å². The molecule has 1 N–H and O–H groups in total. The molecule has 0 saturated heterocycles. The molecule has 0 bridgehead atoms. The summed E-state index contributed by atoms with van der Waals surface area (Å²) in [6, 6.07) is 1.55. The van der Waals surface area contributed by atoms with Crippen molar-refractivity contribution >= 4 is 9.84 Å². The van der Waals surface area contributed by atoms with E-state index in [2.05, 4.69) is 10.4 Å². The molecule has 0 aliphatic rings. The Kier molecular flexibility index (Phi) is 3.99. The topological polar surface area (TPSA) is 64.0 Å². The molecular weight excluding hydrogens is 238 g/mol. The Morgan fingerprint density at radius 2 is 2.12 bits per heavy atom. The zero-order valence-electron chi connectivity index (χ0n) is 11.1. The second kappa shape index (κ2) is 4.78. The van der Waals surface area contributed by atoms with Gasteiger partial charge in [0, 0.05) is 19.5 Å². The predicted octanol–water partition coefficient (Wildman–Crippen LogP) is 0.894. The summed E-state index contributed by atoms with van der Waals surface area (Å²) in [5, 5.41) is 7.50. The standard InChI is InChI=1S/C11H21N3O2S/c1-6-12-10(9-7-8-14(4)13-9)11(2,3)17(5,15)16/h7-8,10,12H,6H2,1-5H3. The summed E-state index contributed by atoms with van der Waals surface area (Å²) in [6.07, 6.45) is 3.08. The lowest BCUT2D eigenvalue weighted by molar-refractivity contribution is 0.417. The van der Waals surface area contributed by atoms with Crippen LogP contribution >= 0.6 is 0 Å². The van der Waals surface area contributed by atoms with Crippen molar-refractivity contribution in [2.75, 3.05) is 12.8 Å². The first-order valence-electron chi connectivity index (χ1n) is 5.62. The highest BCUT2D eigenvalue weighted by Gasteiger charge is 2.40. The molecule has 0 radical (unpaired) electrons. The molecule has 1 aromatic heterocycles. The molecular formula is C11H21N3O2S. The molecule has 1 atom stereocenters. The number of nitrogens with zero attached hydrogens (tertiary/aromatic N) is 2. The maximum Gasteiger partial charge on any atom is 0.154 e.